The molecule has 1 unspecified atom stereocenters. The Morgan fingerprint density at radius 2 is 2.32 bits per heavy atom. The second-order valence-corrected chi connectivity index (χ2v) is 4.09. The SMILES string of the molecule is CC(O)c1cccc(NC(=O)NCc2ccno2)c1. The molecule has 0 spiro atoms. The van der Waals surface area contributed by atoms with Gasteiger partial charge in [0.25, 0.3) is 0 Å². The summed E-state index contributed by atoms with van der Waals surface area (Å²) in [6.45, 7) is 1.94. The first kappa shape index (κ1) is 13.1. The lowest BCUT2D eigenvalue weighted by Crippen LogP contribution is -2.28. The number of nitrogens with zero attached hydrogens (tertiary/aromatic N) is 1. The van der Waals surface area contributed by atoms with E-state index in [1.165, 1.54) is 6.20 Å². The minimum Gasteiger partial charge on any atom is -0.389 e. The van der Waals surface area contributed by atoms with Crippen LogP contribution in [0.2, 0.25) is 0 Å². The van der Waals surface area contributed by atoms with E-state index in [0.717, 1.165) is 5.56 Å². The maximum Gasteiger partial charge on any atom is 0.319 e. The van der Waals surface area contributed by atoms with Crippen LogP contribution >= 0.6 is 0 Å². The normalized spacial score (nSPS) is 11.9. The Morgan fingerprint density at radius 3 is 3.00 bits per heavy atom. The summed E-state index contributed by atoms with van der Waals surface area (Å²) in [6, 6.07) is 8.36. The van der Waals surface area contributed by atoms with E-state index in [1.807, 2.05) is 0 Å². The highest BCUT2D eigenvalue weighted by molar-refractivity contribution is 5.89. The van der Waals surface area contributed by atoms with Crippen LogP contribution in [0.15, 0.2) is 41.1 Å². The number of aromatic nitrogens is 1. The molecule has 0 radical (unpaired) electrons. The smallest absolute Gasteiger partial charge is 0.319 e. The average molecular weight is 261 g/mol. The van der Waals surface area contributed by atoms with Crippen LogP contribution in [0.5, 0.6) is 0 Å². The summed E-state index contributed by atoms with van der Waals surface area (Å²) in [5.41, 5.74) is 1.36. The Morgan fingerprint density at radius 1 is 1.47 bits per heavy atom. The monoisotopic (exact) mass is 261 g/mol. The lowest BCUT2D eigenvalue weighted by atomic mass is 10.1. The lowest BCUT2D eigenvalue weighted by molar-refractivity contribution is 0.199. The fourth-order valence-electron chi connectivity index (χ4n) is 1.55. The molecule has 0 bridgehead atoms. The van der Waals surface area contributed by atoms with Gasteiger partial charge in [0.15, 0.2) is 5.76 Å². The van der Waals surface area contributed by atoms with E-state index in [2.05, 4.69) is 15.8 Å². The van der Waals surface area contributed by atoms with Gasteiger partial charge in [0, 0.05) is 11.8 Å². The molecule has 1 aromatic carbocycles. The third-order valence-electron chi connectivity index (χ3n) is 2.54. The van der Waals surface area contributed by atoms with Crippen LogP contribution in [0.1, 0.15) is 24.4 Å². The number of rotatable bonds is 4. The summed E-state index contributed by atoms with van der Waals surface area (Å²) < 4.78 is 4.86. The molecule has 1 heterocycles. The quantitative estimate of drug-likeness (QED) is 0.786. The van der Waals surface area contributed by atoms with Crippen LogP contribution in [-0.4, -0.2) is 16.3 Å². The summed E-state index contributed by atoms with van der Waals surface area (Å²) in [4.78, 5) is 11.6. The lowest BCUT2D eigenvalue weighted by Gasteiger charge is -2.09. The maximum absolute atomic E-state index is 11.6. The van der Waals surface area contributed by atoms with Crippen LogP contribution in [0.25, 0.3) is 0 Å². The molecule has 1 atom stereocenters. The van der Waals surface area contributed by atoms with Crippen molar-refractivity contribution in [2.75, 3.05) is 5.32 Å². The van der Waals surface area contributed by atoms with Crippen LogP contribution in [0.3, 0.4) is 0 Å². The predicted molar refractivity (Wildman–Crippen MR) is 69.4 cm³/mol. The van der Waals surface area contributed by atoms with E-state index in [9.17, 15) is 9.90 Å². The molecule has 0 aliphatic rings. The van der Waals surface area contributed by atoms with Gasteiger partial charge >= 0.3 is 6.03 Å². The third kappa shape index (κ3) is 3.82. The number of urea groups is 1. The second kappa shape index (κ2) is 6.01. The largest absolute Gasteiger partial charge is 0.389 e. The van der Waals surface area contributed by atoms with Gasteiger partial charge in [0.05, 0.1) is 18.8 Å². The zero-order valence-corrected chi connectivity index (χ0v) is 10.5. The van der Waals surface area contributed by atoms with Crippen LogP contribution in [-0.2, 0) is 6.54 Å². The number of aliphatic hydroxyl groups excluding tert-OH is 1. The summed E-state index contributed by atoms with van der Waals surface area (Å²) in [6.07, 6.45) is 0.945. The van der Waals surface area contributed by atoms with Gasteiger partial charge < -0.3 is 20.3 Å². The third-order valence-corrected chi connectivity index (χ3v) is 2.54. The number of anilines is 1. The highest BCUT2D eigenvalue weighted by Crippen LogP contribution is 2.16. The molecular formula is C13H15N3O3. The van der Waals surface area contributed by atoms with Crippen molar-refractivity contribution in [2.45, 2.75) is 19.6 Å². The van der Waals surface area contributed by atoms with Gasteiger partial charge in [-0.25, -0.2) is 4.79 Å². The number of amides is 2. The first-order valence-corrected chi connectivity index (χ1v) is 5.87. The van der Waals surface area contributed by atoms with Gasteiger partial charge in [-0.05, 0) is 24.6 Å². The number of carbonyl (C=O) groups excluding carboxylic acids is 1. The van der Waals surface area contributed by atoms with Crippen molar-refractivity contribution in [1.29, 1.82) is 0 Å². The molecule has 0 aliphatic heterocycles. The minimum absolute atomic E-state index is 0.266. The van der Waals surface area contributed by atoms with Crippen molar-refractivity contribution < 1.29 is 14.4 Å². The van der Waals surface area contributed by atoms with Gasteiger partial charge in [0.2, 0.25) is 0 Å². The molecule has 0 saturated carbocycles. The Labute approximate surface area is 110 Å². The number of benzene rings is 1. The number of nitrogens with one attached hydrogen (secondary N) is 2. The predicted octanol–water partition coefficient (Wildman–Crippen LogP) is 2.05. The van der Waals surface area contributed by atoms with Crippen molar-refractivity contribution in [3.63, 3.8) is 0 Å². The molecule has 0 fully saturated rings. The van der Waals surface area contributed by atoms with Crippen molar-refractivity contribution in [3.8, 4) is 0 Å². The van der Waals surface area contributed by atoms with Gasteiger partial charge in [0.1, 0.15) is 0 Å². The first-order valence-electron chi connectivity index (χ1n) is 5.87. The Hall–Kier alpha value is -2.34. The van der Waals surface area contributed by atoms with E-state index in [4.69, 9.17) is 4.52 Å². The van der Waals surface area contributed by atoms with E-state index in [1.54, 1.807) is 37.3 Å². The van der Waals surface area contributed by atoms with Crippen molar-refractivity contribution in [2.24, 2.45) is 0 Å². The summed E-state index contributed by atoms with van der Waals surface area (Å²) >= 11 is 0. The fraction of sp³-hybridized carbons (Fsp3) is 0.231. The highest BCUT2D eigenvalue weighted by Gasteiger charge is 2.05. The minimum atomic E-state index is -0.570. The van der Waals surface area contributed by atoms with Crippen molar-refractivity contribution >= 4 is 11.7 Å². The van der Waals surface area contributed by atoms with E-state index in [-0.39, 0.29) is 12.6 Å². The topological polar surface area (TPSA) is 87.4 Å². The molecule has 6 nitrogen and oxygen atoms in total. The molecule has 2 amide bonds. The van der Waals surface area contributed by atoms with Crippen molar-refractivity contribution in [3.05, 3.63) is 47.9 Å². The Kier molecular flexibility index (Phi) is 4.15. The second-order valence-electron chi connectivity index (χ2n) is 4.09. The van der Waals surface area contributed by atoms with Crippen LogP contribution < -0.4 is 10.6 Å². The van der Waals surface area contributed by atoms with Gasteiger partial charge in [-0.1, -0.05) is 17.3 Å². The Bertz CT molecular complexity index is 538. The standard InChI is InChI=1S/C13H15N3O3/c1-9(17)10-3-2-4-11(7-10)16-13(18)14-8-12-5-6-15-19-12/h2-7,9,17H,8H2,1H3,(H2,14,16,18). The van der Waals surface area contributed by atoms with Gasteiger partial charge in [-0.2, -0.15) is 0 Å². The summed E-state index contributed by atoms with van der Waals surface area (Å²) in [5.74, 6) is 0.577. The molecular weight excluding hydrogens is 246 g/mol. The average Bonchev–Trinajstić information content (AvgIpc) is 2.90. The molecule has 19 heavy (non-hydrogen) atoms. The number of carbonyl (C=O) groups is 1. The molecule has 0 aliphatic carbocycles. The molecule has 2 aromatic rings. The molecule has 3 N–H and O–H groups in total. The first-order chi connectivity index (χ1) is 9.15. The van der Waals surface area contributed by atoms with Crippen LogP contribution in [0, 0.1) is 0 Å². The zero-order chi connectivity index (χ0) is 13.7. The molecule has 100 valence electrons. The molecule has 6 heteroatoms. The van der Waals surface area contributed by atoms with E-state index in [0.29, 0.717) is 11.4 Å². The fourth-order valence-corrected chi connectivity index (χ4v) is 1.55. The summed E-state index contributed by atoms with van der Waals surface area (Å²) in [7, 11) is 0. The van der Waals surface area contributed by atoms with Gasteiger partial charge in [-0.3, -0.25) is 0 Å². The zero-order valence-electron chi connectivity index (χ0n) is 10.5. The van der Waals surface area contributed by atoms with Crippen molar-refractivity contribution in [1.82, 2.24) is 10.5 Å². The highest BCUT2D eigenvalue weighted by atomic mass is 16.5. The number of hydrogen-bond acceptors (Lipinski definition) is 4. The van der Waals surface area contributed by atoms with Gasteiger partial charge in [-0.15, -0.1) is 0 Å². The maximum atomic E-state index is 11.6. The van der Waals surface area contributed by atoms with E-state index >= 15 is 0 Å². The Balaban J connectivity index is 1.89. The number of hydrogen-bond donors (Lipinski definition) is 3. The molecule has 2 rings (SSSR count). The molecule has 1 aromatic heterocycles. The summed E-state index contributed by atoms with van der Waals surface area (Å²) in [5, 5.41) is 18.3. The van der Waals surface area contributed by atoms with E-state index < -0.39 is 6.10 Å². The van der Waals surface area contributed by atoms with Crippen LogP contribution in [0.4, 0.5) is 10.5 Å². The number of aliphatic hydroxyl groups is 1. The molecule has 0 saturated heterocycles.